The summed E-state index contributed by atoms with van der Waals surface area (Å²) in [5.74, 6) is 0.365. The Morgan fingerprint density at radius 1 is 1.44 bits per heavy atom. The first kappa shape index (κ1) is 14.3. The average molecular weight is 251 g/mol. The van der Waals surface area contributed by atoms with Crippen molar-refractivity contribution in [3.63, 3.8) is 0 Å². The van der Waals surface area contributed by atoms with Gasteiger partial charge in [0.2, 0.25) is 0 Å². The molecule has 1 heterocycles. The molecule has 0 amide bonds. The van der Waals surface area contributed by atoms with Gasteiger partial charge in [-0.25, -0.2) is 9.78 Å². The van der Waals surface area contributed by atoms with Crippen molar-refractivity contribution >= 4 is 17.5 Å². The normalized spacial score (nSPS) is 12.3. The number of hydrogen-bond donors (Lipinski definition) is 1. The first-order valence-electron chi connectivity index (χ1n) is 5.95. The highest BCUT2D eigenvalue weighted by Gasteiger charge is 2.21. The summed E-state index contributed by atoms with van der Waals surface area (Å²) < 4.78 is 4.77. The largest absolute Gasteiger partial charge is 0.465 e. The topological polar surface area (TPSA) is 68.5 Å². The number of ether oxygens (including phenoxy) is 1. The average Bonchev–Trinajstić information content (AvgIpc) is 2.35. The van der Waals surface area contributed by atoms with Crippen LogP contribution in [-0.4, -0.2) is 31.2 Å². The fourth-order valence-electron chi connectivity index (χ4n) is 1.69. The van der Waals surface area contributed by atoms with E-state index < -0.39 is 5.97 Å². The van der Waals surface area contributed by atoms with Crippen molar-refractivity contribution in [3.8, 4) is 0 Å². The van der Waals surface area contributed by atoms with E-state index in [0.717, 1.165) is 5.69 Å². The molecule has 0 saturated heterocycles. The molecule has 0 aliphatic heterocycles. The van der Waals surface area contributed by atoms with E-state index in [0.29, 0.717) is 17.3 Å². The van der Waals surface area contributed by atoms with Crippen molar-refractivity contribution in [1.29, 1.82) is 0 Å². The number of carbonyl (C=O) groups is 1. The highest BCUT2D eigenvalue weighted by molar-refractivity contribution is 5.96. The lowest BCUT2D eigenvalue weighted by Crippen LogP contribution is -2.34. The molecule has 5 nitrogen and oxygen atoms in total. The number of methoxy groups -OCH3 is 1. The molecule has 0 aromatic carbocycles. The van der Waals surface area contributed by atoms with Crippen molar-refractivity contribution in [2.75, 3.05) is 24.8 Å². The van der Waals surface area contributed by atoms with Crippen molar-refractivity contribution in [2.24, 2.45) is 5.92 Å². The number of pyridine rings is 1. The predicted molar refractivity (Wildman–Crippen MR) is 72.7 cm³/mol. The van der Waals surface area contributed by atoms with Crippen LogP contribution in [0.1, 0.15) is 31.1 Å². The Hall–Kier alpha value is -1.78. The van der Waals surface area contributed by atoms with Gasteiger partial charge in [-0.05, 0) is 18.9 Å². The van der Waals surface area contributed by atoms with Crippen molar-refractivity contribution in [1.82, 2.24) is 4.98 Å². The molecule has 2 N–H and O–H groups in total. The van der Waals surface area contributed by atoms with Crippen LogP contribution in [0.15, 0.2) is 12.3 Å². The monoisotopic (exact) mass is 251 g/mol. The van der Waals surface area contributed by atoms with E-state index in [9.17, 15) is 4.79 Å². The van der Waals surface area contributed by atoms with Crippen molar-refractivity contribution in [3.05, 3.63) is 17.8 Å². The summed E-state index contributed by atoms with van der Waals surface area (Å²) in [6, 6.07) is 1.82. The maximum atomic E-state index is 11.8. The summed E-state index contributed by atoms with van der Waals surface area (Å²) in [7, 11) is 3.29. The van der Waals surface area contributed by atoms with Crippen LogP contribution < -0.4 is 10.6 Å². The zero-order valence-corrected chi connectivity index (χ0v) is 11.6. The molecular weight excluding hydrogens is 230 g/mol. The summed E-state index contributed by atoms with van der Waals surface area (Å²) in [5.41, 5.74) is 6.80. The fraction of sp³-hybridized carbons (Fsp3) is 0.538. The minimum Gasteiger partial charge on any atom is -0.465 e. The lowest BCUT2D eigenvalue weighted by atomic mass is 10.0. The molecule has 0 radical (unpaired) electrons. The van der Waals surface area contributed by atoms with Crippen LogP contribution in [0.5, 0.6) is 0 Å². The third-order valence-electron chi connectivity index (χ3n) is 3.27. The van der Waals surface area contributed by atoms with Crippen molar-refractivity contribution in [2.45, 2.75) is 26.8 Å². The Bertz CT molecular complexity index is 432. The van der Waals surface area contributed by atoms with Gasteiger partial charge in [-0.1, -0.05) is 13.8 Å². The number of hydrogen-bond acceptors (Lipinski definition) is 5. The molecule has 0 fully saturated rings. The van der Waals surface area contributed by atoms with Crippen LogP contribution >= 0.6 is 0 Å². The van der Waals surface area contributed by atoms with Gasteiger partial charge in [-0.3, -0.25) is 0 Å². The highest BCUT2D eigenvalue weighted by atomic mass is 16.5. The van der Waals surface area contributed by atoms with E-state index in [1.807, 2.05) is 11.9 Å². The number of rotatable bonds is 4. The summed E-state index contributed by atoms with van der Waals surface area (Å²) in [4.78, 5) is 17.8. The smallest absolute Gasteiger partial charge is 0.340 e. The van der Waals surface area contributed by atoms with Gasteiger partial charge in [0.15, 0.2) is 0 Å². The highest BCUT2D eigenvalue weighted by Crippen LogP contribution is 2.24. The van der Waals surface area contributed by atoms with Gasteiger partial charge in [0, 0.05) is 13.1 Å². The quantitative estimate of drug-likeness (QED) is 0.828. The number of aromatic nitrogens is 1. The Morgan fingerprint density at radius 2 is 2.06 bits per heavy atom. The van der Waals surface area contributed by atoms with Crippen LogP contribution in [0.4, 0.5) is 11.5 Å². The molecular formula is C13H21N3O2. The standard InChI is InChI=1S/C13H21N3O2/c1-8(2)9(3)16(4)11-7-15-12(14)6-10(11)13(17)18-5/h6-9H,1-5H3,(H2,14,15). The van der Waals surface area contributed by atoms with Crippen LogP contribution in [0, 0.1) is 5.92 Å². The lowest BCUT2D eigenvalue weighted by Gasteiger charge is -2.30. The van der Waals surface area contributed by atoms with Gasteiger partial charge in [0.1, 0.15) is 5.82 Å². The Kier molecular flexibility index (Phi) is 4.53. The van der Waals surface area contributed by atoms with Gasteiger partial charge in [-0.15, -0.1) is 0 Å². The molecule has 18 heavy (non-hydrogen) atoms. The summed E-state index contributed by atoms with van der Waals surface area (Å²) in [5, 5.41) is 0. The summed E-state index contributed by atoms with van der Waals surface area (Å²) in [6.45, 7) is 6.36. The maximum Gasteiger partial charge on any atom is 0.340 e. The molecule has 0 spiro atoms. The number of anilines is 2. The molecule has 0 bridgehead atoms. The molecule has 1 atom stereocenters. The number of esters is 1. The molecule has 5 heteroatoms. The summed E-state index contributed by atoms with van der Waals surface area (Å²) in [6.07, 6.45) is 1.61. The molecule has 0 saturated carbocycles. The molecule has 1 unspecified atom stereocenters. The minimum absolute atomic E-state index is 0.277. The van der Waals surface area contributed by atoms with E-state index in [4.69, 9.17) is 10.5 Å². The molecule has 100 valence electrons. The Labute approximate surface area is 108 Å². The van der Waals surface area contributed by atoms with Crippen molar-refractivity contribution < 1.29 is 9.53 Å². The first-order valence-corrected chi connectivity index (χ1v) is 5.95. The minimum atomic E-state index is -0.401. The van der Waals surface area contributed by atoms with E-state index >= 15 is 0 Å². The van der Waals surface area contributed by atoms with Gasteiger partial charge >= 0.3 is 5.97 Å². The lowest BCUT2D eigenvalue weighted by molar-refractivity contribution is 0.0601. The number of nitrogens with zero attached hydrogens (tertiary/aromatic N) is 2. The van der Waals surface area contributed by atoms with E-state index in [1.165, 1.54) is 7.11 Å². The Balaban J connectivity index is 3.19. The van der Waals surface area contributed by atoms with Crippen LogP contribution in [0.25, 0.3) is 0 Å². The zero-order valence-electron chi connectivity index (χ0n) is 11.6. The van der Waals surface area contributed by atoms with Crippen LogP contribution in [0.3, 0.4) is 0 Å². The zero-order chi connectivity index (χ0) is 13.9. The van der Waals surface area contributed by atoms with E-state index in [-0.39, 0.29) is 6.04 Å². The second kappa shape index (κ2) is 5.71. The molecule has 1 rings (SSSR count). The number of nitrogen functional groups attached to an aromatic ring is 1. The second-order valence-corrected chi connectivity index (χ2v) is 4.71. The summed E-state index contributed by atoms with van der Waals surface area (Å²) >= 11 is 0. The van der Waals surface area contributed by atoms with Gasteiger partial charge in [0.05, 0.1) is 24.6 Å². The number of nitrogens with two attached hydrogens (primary N) is 1. The molecule has 0 aliphatic carbocycles. The van der Waals surface area contributed by atoms with Gasteiger partial charge < -0.3 is 15.4 Å². The van der Waals surface area contributed by atoms with Crippen LogP contribution in [-0.2, 0) is 4.74 Å². The third-order valence-corrected chi connectivity index (χ3v) is 3.27. The molecule has 1 aromatic rings. The van der Waals surface area contributed by atoms with Gasteiger partial charge in [-0.2, -0.15) is 0 Å². The Morgan fingerprint density at radius 3 is 2.56 bits per heavy atom. The van der Waals surface area contributed by atoms with E-state index in [2.05, 4.69) is 25.8 Å². The number of carbonyl (C=O) groups excluding carboxylic acids is 1. The van der Waals surface area contributed by atoms with Crippen LogP contribution in [0.2, 0.25) is 0 Å². The fourth-order valence-corrected chi connectivity index (χ4v) is 1.69. The molecule has 0 aliphatic rings. The predicted octanol–water partition coefficient (Wildman–Crippen LogP) is 1.93. The first-order chi connectivity index (χ1) is 8.38. The molecule has 1 aromatic heterocycles. The second-order valence-electron chi connectivity index (χ2n) is 4.71. The maximum absolute atomic E-state index is 11.8. The van der Waals surface area contributed by atoms with E-state index in [1.54, 1.807) is 12.3 Å². The van der Waals surface area contributed by atoms with Gasteiger partial charge in [0.25, 0.3) is 0 Å². The third kappa shape index (κ3) is 2.91. The SMILES string of the molecule is COC(=O)c1cc(N)ncc1N(C)C(C)C(C)C.